The number of imide groups is 1. The zero-order valence-corrected chi connectivity index (χ0v) is 9.29. The summed E-state index contributed by atoms with van der Waals surface area (Å²) in [5, 5.41) is 20.7. The standard InChI is InChI=1S/C10H14N2O5/c1-10(4-11-9(16)12-8(10)15)7-2-5(14)6(3-13)17-7/h4-7,13-14H,2-3H2,1H3,(H,12,15,16)/t5-,6+,7+,10?/m0/s1. The topological polar surface area (TPSA) is 108 Å². The third-order valence-corrected chi connectivity index (χ3v) is 3.23. The maximum Gasteiger partial charge on any atom is 0.347 e. The third kappa shape index (κ3) is 1.97. The largest absolute Gasteiger partial charge is 0.394 e. The number of aliphatic imine (C=N–C) groups is 1. The van der Waals surface area contributed by atoms with Gasteiger partial charge in [0, 0.05) is 12.6 Å². The van der Waals surface area contributed by atoms with Gasteiger partial charge in [0.05, 0.1) is 18.8 Å². The lowest BCUT2D eigenvalue weighted by atomic mass is 9.82. The zero-order valence-electron chi connectivity index (χ0n) is 9.29. The number of nitrogens with zero attached hydrogens (tertiary/aromatic N) is 1. The lowest BCUT2D eigenvalue weighted by Gasteiger charge is -2.31. The molecule has 2 aliphatic heterocycles. The van der Waals surface area contributed by atoms with Crippen molar-refractivity contribution in [2.24, 2.45) is 10.4 Å². The van der Waals surface area contributed by atoms with Crippen LogP contribution in [0, 0.1) is 5.41 Å². The van der Waals surface area contributed by atoms with Crippen molar-refractivity contribution in [1.82, 2.24) is 5.32 Å². The first kappa shape index (κ1) is 12.2. The summed E-state index contributed by atoms with van der Waals surface area (Å²) in [5.74, 6) is -0.506. The van der Waals surface area contributed by atoms with Crippen LogP contribution in [0.1, 0.15) is 13.3 Å². The molecule has 94 valence electrons. The Kier molecular flexibility index (Phi) is 2.98. The van der Waals surface area contributed by atoms with E-state index in [9.17, 15) is 14.7 Å². The van der Waals surface area contributed by atoms with Crippen molar-refractivity contribution in [2.75, 3.05) is 6.61 Å². The monoisotopic (exact) mass is 242 g/mol. The molecule has 2 rings (SSSR count). The van der Waals surface area contributed by atoms with E-state index in [1.165, 1.54) is 6.21 Å². The highest BCUT2D eigenvalue weighted by molar-refractivity contribution is 6.12. The van der Waals surface area contributed by atoms with E-state index in [0.29, 0.717) is 0 Å². The molecule has 1 unspecified atom stereocenters. The van der Waals surface area contributed by atoms with Crippen molar-refractivity contribution in [3.63, 3.8) is 0 Å². The van der Waals surface area contributed by atoms with Crippen LogP contribution in [-0.4, -0.2) is 53.3 Å². The molecule has 2 heterocycles. The molecule has 2 aliphatic rings. The Bertz CT molecular complexity index is 383. The Balaban J connectivity index is 2.20. The quantitative estimate of drug-likeness (QED) is 0.565. The van der Waals surface area contributed by atoms with Crippen LogP contribution in [0.4, 0.5) is 4.79 Å². The first-order chi connectivity index (χ1) is 7.97. The van der Waals surface area contributed by atoms with Crippen molar-refractivity contribution in [1.29, 1.82) is 0 Å². The Morgan fingerprint density at radius 3 is 2.88 bits per heavy atom. The molecule has 0 aromatic carbocycles. The Labute approximate surface area is 97.5 Å². The van der Waals surface area contributed by atoms with E-state index in [1.54, 1.807) is 6.92 Å². The van der Waals surface area contributed by atoms with Crippen LogP contribution in [0.2, 0.25) is 0 Å². The molecule has 0 aromatic heterocycles. The van der Waals surface area contributed by atoms with Gasteiger partial charge in [-0.2, -0.15) is 0 Å². The number of carbonyl (C=O) groups excluding carboxylic acids is 2. The van der Waals surface area contributed by atoms with Gasteiger partial charge in [-0.15, -0.1) is 0 Å². The summed E-state index contributed by atoms with van der Waals surface area (Å²) in [5.41, 5.74) is -1.10. The SMILES string of the molecule is CC1([C@H]2C[C@H](O)[C@@H](CO)O2)C=NC(=O)NC1=O. The van der Waals surface area contributed by atoms with E-state index < -0.39 is 35.7 Å². The predicted octanol–water partition coefficient (Wildman–Crippen LogP) is -1.18. The molecule has 7 heteroatoms. The van der Waals surface area contributed by atoms with E-state index in [4.69, 9.17) is 9.84 Å². The second-order valence-corrected chi connectivity index (χ2v) is 4.45. The summed E-state index contributed by atoms with van der Waals surface area (Å²) in [6.07, 6.45) is -0.663. The van der Waals surface area contributed by atoms with Gasteiger partial charge < -0.3 is 14.9 Å². The van der Waals surface area contributed by atoms with Crippen LogP contribution in [0.25, 0.3) is 0 Å². The maximum atomic E-state index is 11.8. The Morgan fingerprint density at radius 1 is 1.65 bits per heavy atom. The van der Waals surface area contributed by atoms with Crippen LogP contribution in [0.3, 0.4) is 0 Å². The highest BCUT2D eigenvalue weighted by Crippen LogP contribution is 2.34. The number of urea groups is 1. The molecule has 0 spiro atoms. The minimum absolute atomic E-state index is 0.218. The molecule has 0 bridgehead atoms. The number of rotatable bonds is 2. The van der Waals surface area contributed by atoms with Gasteiger partial charge in [0.2, 0.25) is 5.91 Å². The molecule has 0 saturated carbocycles. The fourth-order valence-corrected chi connectivity index (χ4v) is 2.02. The Hall–Kier alpha value is -1.31. The summed E-state index contributed by atoms with van der Waals surface area (Å²) in [7, 11) is 0. The predicted molar refractivity (Wildman–Crippen MR) is 56.5 cm³/mol. The van der Waals surface area contributed by atoms with Crippen LogP contribution in [0.5, 0.6) is 0 Å². The molecule has 1 saturated heterocycles. The lowest BCUT2D eigenvalue weighted by molar-refractivity contribution is -0.133. The van der Waals surface area contributed by atoms with E-state index in [2.05, 4.69) is 10.3 Å². The smallest absolute Gasteiger partial charge is 0.347 e. The minimum atomic E-state index is -1.10. The molecule has 3 amide bonds. The summed E-state index contributed by atoms with van der Waals surface area (Å²) >= 11 is 0. The number of amides is 3. The van der Waals surface area contributed by atoms with Crippen LogP contribution >= 0.6 is 0 Å². The molecule has 3 N–H and O–H groups in total. The maximum absolute atomic E-state index is 11.8. The van der Waals surface area contributed by atoms with Gasteiger partial charge in [0.1, 0.15) is 11.5 Å². The molecule has 1 fully saturated rings. The molecule has 4 atom stereocenters. The fraction of sp³-hybridized carbons (Fsp3) is 0.700. The molecule has 0 aromatic rings. The van der Waals surface area contributed by atoms with Crippen LogP contribution in [0.15, 0.2) is 4.99 Å². The van der Waals surface area contributed by atoms with Crippen molar-refractivity contribution in [3.05, 3.63) is 0 Å². The van der Waals surface area contributed by atoms with Crippen molar-refractivity contribution >= 4 is 18.2 Å². The van der Waals surface area contributed by atoms with Gasteiger partial charge in [0.15, 0.2) is 0 Å². The van der Waals surface area contributed by atoms with Crippen LogP contribution < -0.4 is 5.32 Å². The van der Waals surface area contributed by atoms with E-state index in [0.717, 1.165) is 0 Å². The van der Waals surface area contributed by atoms with Gasteiger partial charge in [0.25, 0.3) is 0 Å². The van der Waals surface area contributed by atoms with Crippen molar-refractivity contribution in [2.45, 2.75) is 31.7 Å². The minimum Gasteiger partial charge on any atom is -0.394 e. The first-order valence-corrected chi connectivity index (χ1v) is 5.32. The number of carbonyl (C=O) groups is 2. The number of nitrogens with one attached hydrogen (secondary N) is 1. The number of hydrogen-bond donors (Lipinski definition) is 3. The molecule has 0 aliphatic carbocycles. The summed E-state index contributed by atoms with van der Waals surface area (Å²) in [6, 6.07) is -0.704. The van der Waals surface area contributed by atoms with Crippen molar-refractivity contribution in [3.8, 4) is 0 Å². The number of aliphatic hydroxyl groups is 2. The fourth-order valence-electron chi connectivity index (χ4n) is 2.02. The average Bonchev–Trinajstić information content (AvgIpc) is 2.66. The Morgan fingerprint density at radius 2 is 2.35 bits per heavy atom. The highest BCUT2D eigenvalue weighted by atomic mass is 16.5. The third-order valence-electron chi connectivity index (χ3n) is 3.23. The molecule has 0 radical (unpaired) electrons. The number of aliphatic hydroxyl groups excluding tert-OH is 2. The van der Waals surface area contributed by atoms with E-state index in [-0.39, 0.29) is 13.0 Å². The van der Waals surface area contributed by atoms with E-state index >= 15 is 0 Å². The van der Waals surface area contributed by atoms with Crippen LogP contribution in [-0.2, 0) is 9.53 Å². The normalized spacial score (nSPS) is 41.7. The van der Waals surface area contributed by atoms with Crippen molar-refractivity contribution < 1.29 is 24.5 Å². The number of ether oxygens (including phenoxy) is 1. The molecular formula is C10H14N2O5. The van der Waals surface area contributed by atoms with Gasteiger partial charge in [-0.05, 0) is 6.92 Å². The average molecular weight is 242 g/mol. The molecule has 17 heavy (non-hydrogen) atoms. The summed E-state index contributed by atoms with van der Waals surface area (Å²) < 4.78 is 5.41. The van der Waals surface area contributed by atoms with Gasteiger partial charge in [-0.1, -0.05) is 0 Å². The second-order valence-electron chi connectivity index (χ2n) is 4.45. The zero-order chi connectivity index (χ0) is 12.6. The molecular weight excluding hydrogens is 228 g/mol. The summed E-state index contributed by atoms with van der Waals surface area (Å²) in [6.45, 7) is 1.26. The highest BCUT2D eigenvalue weighted by Gasteiger charge is 2.49. The van der Waals surface area contributed by atoms with Gasteiger partial charge in [-0.3, -0.25) is 10.1 Å². The number of hydrogen-bond acceptors (Lipinski definition) is 5. The second kappa shape index (κ2) is 4.17. The van der Waals surface area contributed by atoms with E-state index in [1.807, 2.05) is 0 Å². The van der Waals surface area contributed by atoms with Gasteiger partial charge in [-0.25, -0.2) is 9.79 Å². The lowest BCUT2D eigenvalue weighted by Crippen LogP contribution is -2.52. The summed E-state index contributed by atoms with van der Waals surface area (Å²) in [4.78, 5) is 26.2. The molecule has 7 nitrogen and oxygen atoms in total. The van der Waals surface area contributed by atoms with Gasteiger partial charge >= 0.3 is 6.03 Å². The first-order valence-electron chi connectivity index (χ1n) is 5.32.